The SMILES string of the molecule is [N-]=[N+]=NCC(C1CC1)C(O)[C@H](CO)NC(=O)O. The molecule has 0 aromatic heterocycles. The molecular weight excluding hydrogens is 228 g/mol. The van der Waals surface area contributed by atoms with E-state index in [4.69, 9.17) is 15.7 Å². The molecule has 96 valence electrons. The van der Waals surface area contributed by atoms with Crippen molar-refractivity contribution in [2.24, 2.45) is 17.0 Å². The summed E-state index contributed by atoms with van der Waals surface area (Å²) in [4.78, 5) is 13.1. The van der Waals surface area contributed by atoms with Gasteiger partial charge in [-0.05, 0) is 30.2 Å². The molecule has 0 radical (unpaired) electrons. The topological polar surface area (TPSA) is 139 Å². The van der Waals surface area contributed by atoms with E-state index < -0.39 is 24.8 Å². The lowest BCUT2D eigenvalue weighted by Crippen LogP contribution is -2.49. The second kappa shape index (κ2) is 6.29. The molecule has 0 saturated heterocycles. The Morgan fingerprint density at radius 1 is 1.59 bits per heavy atom. The number of aliphatic hydroxyl groups excluding tert-OH is 2. The van der Waals surface area contributed by atoms with Gasteiger partial charge in [0.25, 0.3) is 0 Å². The lowest BCUT2D eigenvalue weighted by molar-refractivity contribution is 0.0386. The first kappa shape index (κ1) is 13.6. The second-order valence-electron chi connectivity index (χ2n) is 4.14. The van der Waals surface area contributed by atoms with E-state index in [0.29, 0.717) is 0 Å². The molecule has 0 aliphatic heterocycles. The first-order valence-corrected chi connectivity index (χ1v) is 5.39. The number of hydrogen-bond acceptors (Lipinski definition) is 4. The molecule has 1 saturated carbocycles. The lowest BCUT2D eigenvalue weighted by Gasteiger charge is -2.27. The number of nitrogens with zero attached hydrogens (tertiary/aromatic N) is 3. The molecule has 8 heteroatoms. The summed E-state index contributed by atoms with van der Waals surface area (Å²) in [5.41, 5.74) is 8.26. The lowest BCUT2D eigenvalue weighted by atomic mass is 9.92. The van der Waals surface area contributed by atoms with Gasteiger partial charge in [0.2, 0.25) is 0 Å². The number of carboxylic acid groups (broad SMARTS) is 1. The van der Waals surface area contributed by atoms with E-state index in [1.165, 1.54) is 0 Å². The first-order valence-electron chi connectivity index (χ1n) is 5.39. The predicted molar refractivity (Wildman–Crippen MR) is 58.3 cm³/mol. The van der Waals surface area contributed by atoms with Crippen LogP contribution in [0.15, 0.2) is 5.11 Å². The van der Waals surface area contributed by atoms with Gasteiger partial charge in [0, 0.05) is 11.5 Å². The van der Waals surface area contributed by atoms with E-state index in [0.717, 1.165) is 12.8 Å². The average molecular weight is 244 g/mol. The number of carbonyl (C=O) groups is 1. The third kappa shape index (κ3) is 4.10. The average Bonchev–Trinajstić information content (AvgIpc) is 3.10. The zero-order valence-electron chi connectivity index (χ0n) is 9.23. The van der Waals surface area contributed by atoms with Gasteiger partial charge in [-0.15, -0.1) is 0 Å². The Hall–Kier alpha value is -1.50. The van der Waals surface area contributed by atoms with Crippen LogP contribution in [-0.2, 0) is 0 Å². The summed E-state index contributed by atoms with van der Waals surface area (Å²) in [5.74, 6) is -0.0740. The van der Waals surface area contributed by atoms with Gasteiger partial charge in [-0.25, -0.2) is 4.79 Å². The third-order valence-corrected chi connectivity index (χ3v) is 2.94. The molecule has 3 atom stereocenters. The van der Waals surface area contributed by atoms with Crippen LogP contribution in [0.5, 0.6) is 0 Å². The standard InChI is InChI=1S/C9H16N4O4/c10-13-11-3-6(5-1-2-5)8(15)7(4-14)12-9(16)17/h5-8,12,14-15H,1-4H2,(H,16,17)/t6?,7-,8?/m0/s1. The summed E-state index contributed by atoms with van der Waals surface area (Å²) >= 11 is 0. The van der Waals surface area contributed by atoms with Gasteiger partial charge < -0.3 is 20.6 Å². The maximum Gasteiger partial charge on any atom is 0.405 e. The highest BCUT2D eigenvalue weighted by Gasteiger charge is 2.38. The molecule has 0 spiro atoms. The molecule has 8 nitrogen and oxygen atoms in total. The van der Waals surface area contributed by atoms with Crippen LogP contribution in [0.2, 0.25) is 0 Å². The number of rotatable bonds is 7. The molecular formula is C9H16N4O4. The van der Waals surface area contributed by atoms with Crippen molar-refractivity contribution in [3.63, 3.8) is 0 Å². The van der Waals surface area contributed by atoms with Crippen LogP contribution < -0.4 is 5.32 Å². The Kier molecular flexibility index (Phi) is 5.02. The number of aliphatic hydroxyl groups is 2. The fourth-order valence-corrected chi connectivity index (χ4v) is 1.89. The van der Waals surface area contributed by atoms with Gasteiger partial charge >= 0.3 is 6.09 Å². The van der Waals surface area contributed by atoms with E-state index in [1.807, 2.05) is 0 Å². The number of azide groups is 1. The van der Waals surface area contributed by atoms with Gasteiger partial charge in [-0.3, -0.25) is 0 Å². The largest absolute Gasteiger partial charge is 0.465 e. The minimum Gasteiger partial charge on any atom is -0.465 e. The molecule has 0 heterocycles. The maximum absolute atomic E-state index is 10.5. The van der Waals surface area contributed by atoms with Gasteiger partial charge in [0.05, 0.1) is 18.8 Å². The second-order valence-corrected chi connectivity index (χ2v) is 4.14. The van der Waals surface area contributed by atoms with Gasteiger partial charge in [0.15, 0.2) is 0 Å². The maximum atomic E-state index is 10.5. The zero-order valence-corrected chi connectivity index (χ0v) is 9.23. The Morgan fingerprint density at radius 3 is 2.65 bits per heavy atom. The third-order valence-electron chi connectivity index (χ3n) is 2.94. The molecule has 1 aliphatic carbocycles. The van der Waals surface area contributed by atoms with Crippen LogP contribution in [-0.4, -0.2) is 46.7 Å². The van der Waals surface area contributed by atoms with E-state index in [2.05, 4.69) is 15.3 Å². The van der Waals surface area contributed by atoms with Crippen molar-refractivity contribution in [1.82, 2.24) is 5.32 Å². The molecule has 1 aliphatic rings. The highest BCUT2D eigenvalue weighted by atomic mass is 16.4. The minimum atomic E-state index is -1.30. The number of amides is 1. The van der Waals surface area contributed by atoms with Gasteiger partial charge in [-0.1, -0.05) is 5.11 Å². The summed E-state index contributed by atoms with van der Waals surface area (Å²) in [6, 6.07) is -0.952. The van der Waals surface area contributed by atoms with E-state index in [1.54, 1.807) is 0 Å². The Morgan fingerprint density at radius 2 is 2.24 bits per heavy atom. The van der Waals surface area contributed by atoms with Crippen molar-refractivity contribution < 1.29 is 20.1 Å². The quantitative estimate of drug-likeness (QED) is 0.291. The smallest absolute Gasteiger partial charge is 0.405 e. The van der Waals surface area contributed by atoms with E-state index >= 15 is 0 Å². The summed E-state index contributed by atoms with van der Waals surface area (Å²) in [5, 5.41) is 33.0. The molecule has 1 amide bonds. The van der Waals surface area contributed by atoms with Crippen molar-refractivity contribution in [3.05, 3.63) is 10.4 Å². The van der Waals surface area contributed by atoms with Crippen molar-refractivity contribution >= 4 is 6.09 Å². The van der Waals surface area contributed by atoms with Gasteiger partial charge in [0.1, 0.15) is 0 Å². The number of nitrogens with one attached hydrogen (secondary N) is 1. The molecule has 0 aromatic rings. The molecule has 0 bridgehead atoms. The van der Waals surface area contributed by atoms with Crippen molar-refractivity contribution in [2.45, 2.75) is 25.0 Å². The molecule has 1 fully saturated rings. The van der Waals surface area contributed by atoms with Crippen LogP contribution in [0, 0.1) is 11.8 Å². The molecule has 17 heavy (non-hydrogen) atoms. The fraction of sp³-hybridized carbons (Fsp3) is 0.889. The van der Waals surface area contributed by atoms with E-state index in [9.17, 15) is 9.90 Å². The summed E-state index contributed by atoms with van der Waals surface area (Å²) in [6.45, 7) is -0.382. The Bertz CT molecular complexity index is 314. The fourth-order valence-electron chi connectivity index (χ4n) is 1.89. The van der Waals surface area contributed by atoms with E-state index in [-0.39, 0.29) is 18.4 Å². The molecule has 0 aromatic carbocycles. The van der Waals surface area contributed by atoms with Gasteiger partial charge in [-0.2, -0.15) is 0 Å². The van der Waals surface area contributed by atoms with Crippen molar-refractivity contribution in [2.75, 3.05) is 13.2 Å². The predicted octanol–water partition coefficient (Wildman–Crippen LogP) is 0.312. The number of hydrogen-bond donors (Lipinski definition) is 4. The highest BCUT2D eigenvalue weighted by Crippen LogP contribution is 2.39. The Balaban J connectivity index is 2.63. The monoisotopic (exact) mass is 244 g/mol. The first-order chi connectivity index (χ1) is 8.10. The van der Waals surface area contributed by atoms with Crippen LogP contribution in [0.4, 0.5) is 4.79 Å². The van der Waals surface area contributed by atoms with Crippen molar-refractivity contribution in [3.8, 4) is 0 Å². The van der Waals surface area contributed by atoms with Crippen molar-refractivity contribution in [1.29, 1.82) is 0 Å². The van der Waals surface area contributed by atoms with Crippen LogP contribution in [0.1, 0.15) is 12.8 Å². The minimum absolute atomic E-state index is 0.111. The summed E-state index contributed by atoms with van der Waals surface area (Å²) in [6.07, 6.45) is -0.502. The molecule has 4 N–H and O–H groups in total. The summed E-state index contributed by atoms with van der Waals surface area (Å²) < 4.78 is 0. The van der Waals surface area contributed by atoms with Crippen LogP contribution >= 0.6 is 0 Å². The zero-order chi connectivity index (χ0) is 12.8. The summed E-state index contributed by atoms with van der Waals surface area (Å²) in [7, 11) is 0. The van der Waals surface area contributed by atoms with Crippen LogP contribution in [0.3, 0.4) is 0 Å². The molecule has 1 rings (SSSR count). The highest BCUT2D eigenvalue weighted by molar-refractivity contribution is 5.64. The van der Waals surface area contributed by atoms with Crippen LogP contribution in [0.25, 0.3) is 10.4 Å². The Labute approximate surface area is 97.9 Å². The molecule has 2 unspecified atom stereocenters. The normalized spacial score (nSPS) is 19.9.